The topological polar surface area (TPSA) is 41.1 Å². The molecule has 0 radical (unpaired) electrons. The molecule has 0 amide bonds. The second-order valence-electron chi connectivity index (χ2n) is 4.69. The molecular formula is C15H22N2OS3. The average molecular weight is 343 g/mol. The number of benzene rings is 1. The van der Waals surface area contributed by atoms with Crippen molar-refractivity contribution < 1.29 is 4.79 Å². The quantitative estimate of drug-likeness (QED) is 0.408. The predicted molar refractivity (Wildman–Crippen MR) is 98.8 cm³/mol. The van der Waals surface area contributed by atoms with Gasteiger partial charge in [-0.15, -0.1) is 0 Å². The van der Waals surface area contributed by atoms with Crippen LogP contribution in [-0.4, -0.2) is 28.9 Å². The highest BCUT2D eigenvalue weighted by Crippen LogP contribution is 2.20. The zero-order valence-electron chi connectivity index (χ0n) is 12.5. The molecule has 1 aromatic rings. The summed E-state index contributed by atoms with van der Waals surface area (Å²) in [6.45, 7) is 5.28. The molecule has 0 unspecified atom stereocenters. The highest BCUT2D eigenvalue weighted by Gasteiger charge is 1.98. The van der Waals surface area contributed by atoms with Gasteiger partial charge in [-0.3, -0.25) is 4.79 Å². The van der Waals surface area contributed by atoms with E-state index in [2.05, 4.69) is 41.8 Å². The molecule has 0 saturated carbocycles. The molecule has 0 spiro atoms. The zero-order chi connectivity index (χ0) is 15.5. The summed E-state index contributed by atoms with van der Waals surface area (Å²) in [7, 11) is 3.50. The highest BCUT2D eigenvalue weighted by atomic mass is 33.1. The maximum absolute atomic E-state index is 10.8. The molecule has 1 aromatic carbocycles. The van der Waals surface area contributed by atoms with Gasteiger partial charge in [0.15, 0.2) is 5.11 Å². The molecular weight excluding hydrogens is 320 g/mol. The van der Waals surface area contributed by atoms with Gasteiger partial charge in [-0.2, -0.15) is 0 Å². The van der Waals surface area contributed by atoms with Crippen LogP contribution in [0, 0.1) is 6.92 Å². The van der Waals surface area contributed by atoms with E-state index in [9.17, 15) is 4.79 Å². The van der Waals surface area contributed by atoms with Crippen LogP contribution in [0.3, 0.4) is 0 Å². The molecule has 0 atom stereocenters. The zero-order valence-corrected chi connectivity index (χ0v) is 14.9. The monoisotopic (exact) mass is 342 g/mol. The molecule has 1 rings (SSSR count). The fraction of sp³-hybridized carbons (Fsp3) is 0.467. The fourth-order valence-electron chi connectivity index (χ4n) is 1.46. The number of rotatable bonds is 9. The van der Waals surface area contributed by atoms with E-state index in [1.54, 1.807) is 28.5 Å². The van der Waals surface area contributed by atoms with Gasteiger partial charge in [-0.25, -0.2) is 0 Å². The molecule has 21 heavy (non-hydrogen) atoms. The molecule has 0 fully saturated rings. The smallest absolute Gasteiger partial charge is 0.166 e. The predicted octanol–water partition coefficient (Wildman–Crippen LogP) is 3.32. The number of hydrogen-bond acceptors (Lipinski definition) is 4. The lowest BCUT2D eigenvalue weighted by Crippen LogP contribution is -2.35. The molecule has 0 aromatic heterocycles. The maximum atomic E-state index is 10.8. The van der Waals surface area contributed by atoms with E-state index in [1.807, 2.05) is 0 Å². The Morgan fingerprint density at radius 1 is 1.14 bits per heavy atom. The van der Waals surface area contributed by atoms with Gasteiger partial charge in [0.2, 0.25) is 0 Å². The van der Waals surface area contributed by atoms with Crippen molar-refractivity contribution in [3.63, 3.8) is 0 Å². The Morgan fingerprint density at radius 3 is 2.48 bits per heavy atom. The van der Waals surface area contributed by atoms with Crippen molar-refractivity contribution in [2.75, 3.05) is 18.1 Å². The molecule has 0 bridgehead atoms. The summed E-state index contributed by atoms with van der Waals surface area (Å²) >= 11 is 5.23. The number of carbonyl (C=O) groups is 1. The SMILES string of the molecule is CC(=O)CCSSCCNC(=S)NCc1ccc(C)cc1. The molecule has 116 valence electrons. The number of hydrogen-bond donors (Lipinski definition) is 2. The number of Topliss-reactive ketones (excluding diaryl/α,β-unsaturated/α-hetero) is 1. The van der Waals surface area contributed by atoms with Crippen LogP contribution in [0.5, 0.6) is 0 Å². The summed E-state index contributed by atoms with van der Waals surface area (Å²) in [4.78, 5) is 10.8. The standard InChI is InChI=1S/C15H22N2OS3/c1-12-3-5-14(6-4-12)11-17-15(19)16-8-10-21-20-9-7-13(2)18/h3-6H,7-11H2,1-2H3,(H2,16,17,19). The minimum atomic E-state index is 0.253. The third-order valence-electron chi connectivity index (χ3n) is 2.67. The first-order chi connectivity index (χ1) is 10.1. The van der Waals surface area contributed by atoms with Gasteiger partial charge in [0.25, 0.3) is 0 Å². The second kappa shape index (κ2) is 10.9. The third-order valence-corrected chi connectivity index (χ3v) is 5.36. The summed E-state index contributed by atoms with van der Waals surface area (Å²) in [5.74, 6) is 2.10. The van der Waals surface area contributed by atoms with Crippen LogP contribution in [0.4, 0.5) is 0 Å². The van der Waals surface area contributed by atoms with E-state index in [1.165, 1.54) is 11.1 Å². The highest BCUT2D eigenvalue weighted by molar-refractivity contribution is 8.76. The molecule has 0 aliphatic rings. The number of carbonyl (C=O) groups excluding carboxylic acids is 1. The van der Waals surface area contributed by atoms with E-state index >= 15 is 0 Å². The van der Waals surface area contributed by atoms with E-state index in [4.69, 9.17) is 12.2 Å². The van der Waals surface area contributed by atoms with E-state index in [0.717, 1.165) is 24.6 Å². The van der Waals surface area contributed by atoms with Crippen LogP contribution < -0.4 is 10.6 Å². The molecule has 3 nitrogen and oxygen atoms in total. The lowest BCUT2D eigenvalue weighted by atomic mass is 10.1. The summed E-state index contributed by atoms with van der Waals surface area (Å²) in [6, 6.07) is 8.41. The van der Waals surface area contributed by atoms with Crippen LogP contribution in [0.1, 0.15) is 24.5 Å². The van der Waals surface area contributed by atoms with Crippen molar-refractivity contribution in [3.8, 4) is 0 Å². The number of aryl methyl sites for hydroxylation is 1. The summed E-state index contributed by atoms with van der Waals surface area (Å²) in [5, 5.41) is 7.06. The Kier molecular flexibility index (Phi) is 9.54. The van der Waals surface area contributed by atoms with E-state index < -0.39 is 0 Å². The number of ketones is 1. The Labute approximate surface area is 140 Å². The van der Waals surface area contributed by atoms with Crippen LogP contribution in [0.25, 0.3) is 0 Å². The van der Waals surface area contributed by atoms with Crippen LogP contribution >= 0.6 is 33.8 Å². The maximum Gasteiger partial charge on any atom is 0.166 e. The summed E-state index contributed by atoms with van der Waals surface area (Å²) in [5.41, 5.74) is 2.48. The Balaban J connectivity index is 2.01. The van der Waals surface area contributed by atoms with E-state index in [0.29, 0.717) is 11.5 Å². The Morgan fingerprint density at radius 2 is 1.81 bits per heavy atom. The van der Waals surface area contributed by atoms with Gasteiger partial charge >= 0.3 is 0 Å². The molecule has 0 aliphatic carbocycles. The minimum Gasteiger partial charge on any atom is -0.362 e. The lowest BCUT2D eigenvalue weighted by Gasteiger charge is -2.10. The van der Waals surface area contributed by atoms with E-state index in [-0.39, 0.29) is 5.78 Å². The lowest BCUT2D eigenvalue weighted by molar-refractivity contribution is -0.116. The first kappa shape index (κ1) is 18.3. The average Bonchev–Trinajstić information content (AvgIpc) is 2.45. The van der Waals surface area contributed by atoms with Crippen molar-refractivity contribution in [1.29, 1.82) is 0 Å². The Bertz CT molecular complexity index is 449. The fourth-order valence-corrected chi connectivity index (χ4v) is 3.63. The van der Waals surface area contributed by atoms with Gasteiger partial charge in [0.05, 0.1) is 0 Å². The van der Waals surface area contributed by atoms with Crippen molar-refractivity contribution >= 4 is 44.7 Å². The normalized spacial score (nSPS) is 10.2. The van der Waals surface area contributed by atoms with Crippen molar-refractivity contribution in [2.45, 2.75) is 26.8 Å². The summed E-state index contributed by atoms with van der Waals surface area (Å²) in [6.07, 6.45) is 0.654. The van der Waals surface area contributed by atoms with Crippen molar-refractivity contribution in [3.05, 3.63) is 35.4 Å². The van der Waals surface area contributed by atoms with Crippen LogP contribution in [0.2, 0.25) is 0 Å². The first-order valence-corrected chi connectivity index (χ1v) is 9.78. The largest absolute Gasteiger partial charge is 0.362 e. The Hall–Kier alpha value is -0.720. The van der Waals surface area contributed by atoms with Gasteiger partial charge in [0.1, 0.15) is 5.78 Å². The van der Waals surface area contributed by atoms with Crippen LogP contribution in [0.15, 0.2) is 24.3 Å². The van der Waals surface area contributed by atoms with Crippen molar-refractivity contribution in [2.24, 2.45) is 0 Å². The summed E-state index contributed by atoms with van der Waals surface area (Å²) < 4.78 is 0. The van der Waals surface area contributed by atoms with Crippen LogP contribution in [-0.2, 0) is 11.3 Å². The molecule has 0 saturated heterocycles. The third kappa shape index (κ3) is 9.77. The number of nitrogens with one attached hydrogen (secondary N) is 2. The number of thiocarbonyl (C=S) groups is 1. The molecule has 0 aliphatic heterocycles. The van der Waals surface area contributed by atoms with Gasteiger partial charge in [-0.1, -0.05) is 51.4 Å². The second-order valence-corrected chi connectivity index (χ2v) is 7.80. The minimum absolute atomic E-state index is 0.253. The molecule has 2 N–H and O–H groups in total. The van der Waals surface area contributed by atoms with Gasteiger partial charge < -0.3 is 10.6 Å². The molecule has 6 heteroatoms. The van der Waals surface area contributed by atoms with Gasteiger partial charge in [-0.05, 0) is 31.6 Å². The first-order valence-electron chi connectivity index (χ1n) is 6.89. The molecule has 0 heterocycles. The van der Waals surface area contributed by atoms with Crippen molar-refractivity contribution in [1.82, 2.24) is 10.6 Å². The van der Waals surface area contributed by atoms with Gasteiger partial charge in [0, 0.05) is 31.0 Å².